The zero-order valence-corrected chi connectivity index (χ0v) is 20.0. The van der Waals surface area contributed by atoms with E-state index in [0.29, 0.717) is 60.9 Å². The number of aryl methyl sites for hydroxylation is 1. The van der Waals surface area contributed by atoms with Gasteiger partial charge in [-0.3, -0.25) is 4.79 Å². The first-order valence-electron chi connectivity index (χ1n) is 11.9. The number of hydrogen-bond donors (Lipinski definition) is 0. The van der Waals surface area contributed by atoms with E-state index in [1.165, 1.54) is 6.07 Å². The lowest BCUT2D eigenvalue weighted by Crippen LogP contribution is -2.37. The normalized spacial score (nSPS) is 15.4. The lowest BCUT2D eigenvalue weighted by Gasteiger charge is -2.25. The molecule has 3 aromatic rings. The number of alkyl halides is 3. The van der Waals surface area contributed by atoms with Crippen LogP contribution in [0.15, 0.2) is 65.7 Å². The van der Waals surface area contributed by atoms with Gasteiger partial charge in [-0.2, -0.15) is 18.4 Å². The number of ether oxygens (including phenoxy) is 1. The van der Waals surface area contributed by atoms with E-state index < -0.39 is 11.7 Å². The molecule has 0 aromatic heterocycles. The van der Waals surface area contributed by atoms with E-state index in [0.717, 1.165) is 17.7 Å². The highest BCUT2D eigenvalue weighted by atomic mass is 19.4. The molecule has 2 aliphatic rings. The molecule has 0 radical (unpaired) electrons. The van der Waals surface area contributed by atoms with Crippen molar-refractivity contribution in [2.75, 3.05) is 26.2 Å². The predicted octanol–water partition coefficient (Wildman–Crippen LogP) is 5.92. The minimum atomic E-state index is -4.51. The van der Waals surface area contributed by atoms with E-state index in [2.05, 4.69) is 11.1 Å². The van der Waals surface area contributed by atoms with Gasteiger partial charge in [-0.05, 0) is 61.9 Å². The van der Waals surface area contributed by atoms with Crippen molar-refractivity contribution in [3.63, 3.8) is 0 Å². The quantitative estimate of drug-likeness (QED) is 0.413. The first-order valence-corrected chi connectivity index (χ1v) is 11.9. The molecule has 6 nitrogen and oxygen atoms in total. The van der Waals surface area contributed by atoms with E-state index in [-0.39, 0.29) is 17.3 Å². The number of nitrogens with zero attached hydrogens (tertiary/aromatic N) is 4. The van der Waals surface area contributed by atoms with Crippen LogP contribution in [0.5, 0.6) is 11.5 Å². The molecule has 0 unspecified atom stereocenters. The number of fused-ring (bicyclic) bond motifs is 2. The van der Waals surface area contributed by atoms with Crippen LogP contribution in [0.2, 0.25) is 0 Å². The smallest absolute Gasteiger partial charge is 0.416 e. The van der Waals surface area contributed by atoms with Gasteiger partial charge in [0, 0.05) is 31.7 Å². The lowest BCUT2D eigenvalue weighted by atomic mass is 10.1. The van der Waals surface area contributed by atoms with Crippen molar-refractivity contribution in [3.8, 4) is 17.6 Å². The molecule has 1 fully saturated rings. The van der Waals surface area contributed by atoms with Gasteiger partial charge in [0.05, 0.1) is 22.8 Å². The van der Waals surface area contributed by atoms with Crippen molar-refractivity contribution in [1.29, 1.82) is 5.26 Å². The second kappa shape index (κ2) is 9.62. The molecule has 1 saturated heterocycles. The van der Waals surface area contributed by atoms with E-state index in [4.69, 9.17) is 10.00 Å². The fourth-order valence-corrected chi connectivity index (χ4v) is 4.55. The highest BCUT2D eigenvalue weighted by molar-refractivity contribution is 6.04. The number of hydrogen-bond acceptors (Lipinski definition) is 5. The number of rotatable bonds is 1. The highest BCUT2D eigenvalue weighted by Gasteiger charge is 2.33. The van der Waals surface area contributed by atoms with Crippen LogP contribution in [0.4, 0.5) is 18.9 Å². The Hall–Kier alpha value is -4.32. The summed E-state index contributed by atoms with van der Waals surface area (Å²) in [6.45, 7) is 3.82. The molecule has 0 spiro atoms. The van der Waals surface area contributed by atoms with E-state index in [1.54, 1.807) is 35.2 Å². The van der Waals surface area contributed by atoms with Gasteiger partial charge >= 0.3 is 6.18 Å². The number of amidine groups is 1. The topological polar surface area (TPSA) is 68.9 Å². The van der Waals surface area contributed by atoms with Crippen LogP contribution >= 0.6 is 0 Å². The van der Waals surface area contributed by atoms with E-state index >= 15 is 0 Å². The summed E-state index contributed by atoms with van der Waals surface area (Å²) in [6, 6.07) is 17.5. The van der Waals surface area contributed by atoms with Gasteiger partial charge in [0.2, 0.25) is 0 Å². The van der Waals surface area contributed by atoms with Crippen molar-refractivity contribution in [2.45, 2.75) is 19.5 Å². The molecule has 37 heavy (non-hydrogen) atoms. The zero-order valence-electron chi connectivity index (χ0n) is 20.0. The van der Waals surface area contributed by atoms with Crippen LogP contribution in [-0.4, -0.2) is 47.7 Å². The van der Waals surface area contributed by atoms with Crippen LogP contribution < -0.4 is 4.74 Å². The van der Waals surface area contributed by atoms with Crippen LogP contribution in [0, 0.1) is 18.3 Å². The van der Waals surface area contributed by atoms with Crippen molar-refractivity contribution < 1.29 is 22.7 Å². The number of amides is 1. The molecule has 5 rings (SSSR count). The average molecular weight is 505 g/mol. The number of carbonyl (C=O) groups is 1. The number of aliphatic imine (C=N–C) groups is 1. The van der Waals surface area contributed by atoms with Gasteiger partial charge in [-0.1, -0.05) is 17.7 Å². The maximum Gasteiger partial charge on any atom is 0.416 e. The highest BCUT2D eigenvalue weighted by Crippen LogP contribution is 2.42. The number of halogens is 3. The molecule has 2 aliphatic heterocycles. The summed E-state index contributed by atoms with van der Waals surface area (Å²) in [5.41, 5.74) is 1.81. The van der Waals surface area contributed by atoms with Gasteiger partial charge < -0.3 is 14.5 Å². The third-order valence-corrected chi connectivity index (χ3v) is 6.43. The Morgan fingerprint density at radius 2 is 1.81 bits per heavy atom. The second-order valence-corrected chi connectivity index (χ2v) is 9.04. The molecule has 2 heterocycles. The Labute approximate surface area is 212 Å². The monoisotopic (exact) mass is 504 g/mol. The Morgan fingerprint density at radius 3 is 2.59 bits per heavy atom. The minimum absolute atomic E-state index is 0.101. The van der Waals surface area contributed by atoms with E-state index in [9.17, 15) is 18.0 Å². The maximum absolute atomic E-state index is 13.4. The van der Waals surface area contributed by atoms with Crippen LogP contribution in [0.25, 0.3) is 0 Å². The maximum atomic E-state index is 13.4. The van der Waals surface area contributed by atoms with Gasteiger partial charge in [0.1, 0.15) is 17.3 Å². The average Bonchev–Trinajstić information content (AvgIpc) is 3.22. The number of benzene rings is 3. The zero-order chi connectivity index (χ0) is 26.2. The summed E-state index contributed by atoms with van der Waals surface area (Å²) >= 11 is 0. The molecular weight excluding hydrogens is 481 g/mol. The largest absolute Gasteiger partial charge is 0.454 e. The molecular formula is C28H23F3N4O2. The molecule has 1 amide bonds. The SMILES string of the molecule is Cc1ccc2c(c1)C(N1CCCN(C(=O)c3cccc(C#N)c3)CC1)=Nc1cc(C(F)(F)F)ccc1O2. The Bertz CT molecular complexity index is 1440. The van der Waals surface area contributed by atoms with Gasteiger partial charge in [0.15, 0.2) is 5.75 Å². The van der Waals surface area contributed by atoms with Crippen molar-refractivity contribution in [1.82, 2.24) is 9.80 Å². The first-order chi connectivity index (χ1) is 17.7. The number of nitriles is 1. The van der Waals surface area contributed by atoms with Crippen molar-refractivity contribution >= 4 is 17.4 Å². The molecule has 0 saturated carbocycles. The fraction of sp³-hybridized carbons (Fsp3) is 0.250. The van der Waals surface area contributed by atoms with Crippen LogP contribution in [-0.2, 0) is 6.18 Å². The van der Waals surface area contributed by atoms with E-state index in [1.807, 2.05) is 24.0 Å². The number of carbonyl (C=O) groups excluding carboxylic acids is 1. The summed E-state index contributed by atoms with van der Waals surface area (Å²) in [7, 11) is 0. The second-order valence-electron chi connectivity index (χ2n) is 9.04. The molecule has 0 atom stereocenters. The fourth-order valence-electron chi connectivity index (χ4n) is 4.55. The Balaban J connectivity index is 1.48. The Kier molecular flexibility index (Phi) is 6.34. The minimum Gasteiger partial charge on any atom is -0.454 e. The van der Waals surface area contributed by atoms with Crippen LogP contribution in [0.1, 0.15) is 39.0 Å². The van der Waals surface area contributed by atoms with Gasteiger partial charge in [-0.15, -0.1) is 0 Å². The van der Waals surface area contributed by atoms with Crippen LogP contribution in [0.3, 0.4) is 0 Å². The first kappa shape index (κ1) is 24.4. The third kappa shape index (κ3) is 5.00. The van der Waals surface area contributed by atoms with Crippen molar-refractivity contribution in [3.05, 3.63) is 88.5 Å². The Morgan fingerprint density at radius 1 is 1.00 bits per heavy atom. The molecule has 9 heteroatoms. The van der Waals surface area contributed by atoms with Gasteiger partial charge in [-0.25, -0.2) is 4.99 Å². The molecule has 0 N–H and O–H groups in total. The summed E-state index contributed by atoms with van der Waals surface area (Å²) in [5, 5.41) is 9.16. The lowest BCUT2D eigenvalue weighted by molar-refractivity contribution is -0.137. The summed E-state index contributed by atoms with van der Waals surface area (Å²) in [5.74, 6) is 1.10. The standard InChI is InChI=1S/C28H23F3N4O2/c1-18-6-8-24-22(14-18)26(33-23-16-21(28(29,30)31)7-9-25(23)37-24)34-10-3-11-35(13-12-34)27(36)20-5-2-4-19(15-20)17-32/h2,4-9,14-16H,3,10-13H2,1H3. The summed E-state index contributed by atoms with van der Waals surface area (Å²) in [4.78, 5) is 21.6. The molecule has 3 aromatic carbocycles. The van der Waals surface area contributed by atoms with Crippen molar-refractivity contribution in [2.24, 2.45) is 4.99 Å². The molecule has 188 valence electrons. The predicted molar refractivity (Wildman–Crippen MR) is 132 cm³/mol. The summed E-state index contributed by atoms with van der Waals surface area (Å²) in [6.07, 6.45) is -3.87. The summed E-state index contributed by atoms with van der Waals surface area (Å²) < 4.78 is 46.3. The van der Waals surface area contributed by atoms with Gasteiger partial charge in [0.25, 0.3) is 5.91 Å². The molecule has 0 aliphatic carbocycles. The third-order valence-electron chi connectivity index (χ3n) is 6.43. The molecule has 0 bridgehead atoms.